The number of ether oxygens (including phenoxy) is 2. The maximum absolute atomic E-state index is 12.7. The molecule has 35 heavy (non-hydrogen) atoms. The number of carbonyl (C=O) groups is 2. The highest BCUT2D eigenvalue weighted by Crippen LogP contribution is 2.28. The van der Waals surface area contributed by atoms with Crippen molar-refractivity contribution in [3.63, 3.8) is 0 Å². The van der Waals surface area contributed by atoms with Gasteiger partial charge in [-0.05, 0) is 24.8 Å². The molecule has 0 aromatic heterocycles. The first-order valence-electron chi connectivity index (χ1n) is 14.2. The number of hydrogen-bond donors (Lipinski definition) is 0. The molecule has 2 rings (SSSR count). The van der Waals surface area contributed by atoms with Crippen LogP contribution in [0, 0.1) is 11.8 Å². The van der Waals surface area contributed by atoms with E-state index in [1.807, 2.05) is 42.5 Å². The fourth-order valence-corrected chi connectivity index (χ4v) is 4.76. The van der Waals surface area contributed by atoms with E-state index >= 15 is 0 Å². The second kappa shape index (κ2) is 19.1. The normalized spacial score (nSPS) is 17.3. The van der Waals surface area contributed by atoms with Gasteiger partial charge in [-0.15, -0.1) is 0 Å². The van der Waals surface area contributed by atoms with Crippen molar-refractivity contribution in [1.82, 2.24) is 0 Å². The monoisotopic (exact) mass is 484 g/mol. The van der Waals surface area contributed by atoms with Crippen molar-refractivity contribution in [2.75, 3.05) is 13.2 Å². The van der Waals surface area contributed by atoms with Crippen molar-refractivity contribution in [3.05, 3.63) is 48.0 Å². The number of rotatable bonds is 19. The fourth-order valence-electron chi connectivity index (χ4n) is 4.76. The molecule has 196 valence electrons. The molecule has 0 saturated heterocycles. The smallest absolute Gasteiger partial charge is 0.310 e. The Balaban J connectivity index is 1.51. The van der Waals surface area contributed by atoms with E-state index in [1.165, 1.54) is 70.6 Å². The number of benzene rings is 1. The van der Waals surface area contributed by atoms with E-state index in [0.29, 0.717) is 32.5 Å². The first kappa shape index (κ1) is 29.1. The summed E-state index contributed by atoms with van der Waals surface area (Å²) in [6.45, 7) is 3.05. The van der Waals surface area contributed by atoms with Crippen LogP contribution < -0.4 is 0 Å². The van der Waals surface area contributed by atoms with Gasteiger partial charge in [0, 0.05) is 6.42 Å². The average Bonchev–Trinajstić information content (AvgIpc) is 2.89. The summed E-state index contributed by atoms with van der Waals surface area (Å²) < 4.78 is 11.1. The lowest BCUT2D eigenvalue weighted by molar-refractivity contribution is -0.161. The second-order valence-corrected chi connectivity index (χ2v) is 9.97. The van der Waals surface area contributed by atoms with Gasteiger partial charge in [0.2, 0.25) is 0 Å². The lowest BCUT2D eigenvalue weighted by Gasteiger charge is -2.25. The van der Waals surface area contributed by atoms with E-state index in [1.54, 1.807) is 0 Å². The van der Waals surface area contributed by atoms with Gasteiger partial charge in [0.1, 0.15) is 0 Å². The highest BCUT2D eigenvalue weighted by Gasteiger charge is 2.36. The van der Waals surface area contributed by atoms with Gasteiger partial charge in [-0.1, -0.05) is 126 Å². The first-order valence-corrected chi connectivity index (χ1v) is 14.2. The molecule has 0 aliphatic heterocycles. The molecule has 1 aliphatic carbocycles. The van der Waals surface area contributed by atoms with E-state index in [-0.39, 0.29) is 11.9 Å². The van der Waals surface area contributed by atoms with Crippen molar-refractivity contribution >= 4 is 11.9 Å². The molecular formula is C31H48O4. The Morgan fingerprint density at radius 3 is 1.63 bits per heavy atom. The summed E-state index contributed by atoms with van der Waals surface area (Å²) in [6, 6.07) is 9.97. The molecular weight excluding hydrogens is 436 g/mol. The third-order valence-corrected chi connectivity index (χ3v) is 7.01. The third-order valence-electron chi connectivity index (χ3n) is 7.01. The van der Waals surface area contributed by atoms with Crippen LogP contribution in [-0.4, -0.2) is 25.2 Å². The Morgan fingerprint density at radius 2 is 1.11 bits per heavy atom. The number of hydrogen-bond acceptors (Lipinski definition) is 4. The van der Waals surface area contributed by atoms with Crippen LogP contribution in [0.2, 0.25) is 0 Å². The summed E-state index contributed by atoms with van der Waals surface area (Å²) in [4.78, 5) is 25.3. The Bertz CT molecular complexity index is 712. The van der Waals surface area contributed by atoms with E-state index in [9.17, 15) is 9.59 Å². The second-order valence-electron chi connectivity index (χ2n) is 9.97. The highest BCUT2D eigenvalue weighted by molar-refractivity contribution is 5.82. The molecule has 1 aromatic rings. The Kier molecular flexibility index (Phi) is 15.9. The van der Waals surface area contributed by atoms with Crippen LogP contribution in [0.1, 0.15) is 109 Å². The predicted molar refractivity (Wildman–Crippen MR) is 143 cm³/mol. The van der Waals surface area contributed by atoms with Gasteiger partial charge in [-0.2, -0.15) is 0 Å². The molecule has 0 amide bonds. The van der Waals surface area contributed by atoms with E-state index in [2.05, 4.69) is 6.92 Å². The molecule has 4 heteroatoms. The summed E-state index contributed by atoms with van der Waals surface area (Å²) >= 11 is 0. The Hall–Kier alpha value is -2.10. The predicted octanol–water partition coefficient (Wildman–Crippen LogP) is 7.99. The molecule has 2 unspecified atom stereocenters. The lowest BCUT2D eigenvalue weighted by Crippen LogP contribution is -2.34. The zero-order valence-corrected chi connectivity index (χ0v) is 22.1. The van der Waals surface area contributed by atoms with Crippen LogP contribution in [0.15, 0.2) is 42.5 Å². The van der Waals surface area contributed by atoms with Crippen molar-refractivity contribution in [1.29, 1.82) is 0 Å². The molecule has 0 radical (unpaired) electrons. The minimum atomic E-state index is -0.435. The Morgan fingerprint density at radius 1 is 0.657 bits per heavy atom. The summed E-state index contributed by atoms with van der Waals surface area (Å²) in [6.07, 6.45) is 22.5. The van der Waals surface area contributed by atoms with Gasteiger partial charge in [-0.3, -0.25) is 9.59 Å². The fraction of sp³-hybridized carbons (Fsp3) is 0.677. The van der Waals surface area contributed by atoms with Crippen LogP contribution in [-0.2, 0) is 25.5 Å². The van der Waals surface area contributed by atoms with E-state index in [4.69, 9.17) is 9.47 Å². The largest absolute Gasteiger partial charge is 0.465 e. The highest BCUT2D eigenvalue weighted by atomic mass is 16.5. The molecule has 0 spiro atoms. The van der Waals surface area contributed by atoms with Crippen LogP contribution in [0.3, 0.4) is 0 Å². The average molecular weight is 485 g/mol. The molecule has 0 saturated carbocycles. The van der Waals surface area contributed by atoms with Gasteiger partial charge in [0.05, 0.1) is 25.0 Å². The number of unbranched alkanes of at least 4 members (excludes halogenated alkanes) is 12. The first-order chi connectivity index (χ1) is 17.2. The van der Waals surface area contributed by atoms with E-state index in [0.717, 1.165) is 18.4 Å². The summed E-state index contributed by atoms with van der Waals surface area (Å²) in [5.41, 5.74) is 1.14. The van der Waals surface area contributed by atoms with Crippen LogP contribution in [0.4, 0.5) is 0 Å². The summed E-state index contributed by atoms with van der Waals surface area (Å²) in [5, 5.41) is 0. The summed E-state index contributed by atoms with van der Waals surface area (Å²) in [7, 11) is 0. The molecule has 4 nitrogen and oxygen atoms in total. The topological polar surface area (TPSA) is 52.6 Å². The molecule has 1 aliphatic rings. The van der Waals surface area contributed by atoms with Gasteiger partial charge in [0.25, 0.3) is 0 Å². The molecule has 0 heterocycles. The van der Waals surface area contributed by atoms with E-state index < -0.39 is 11.8 Å². The Labute approximate surface area is 213 Å². The SMILES string of the molecule is CCCCCCCCCCCCCCCOC(=O)C1CC=CCC1C(=O)OCCc1ccccc1. The van der Waals surface area contributed by atoms with Gasteiger partial charge >= 0.3 is 11.9 Å². The molecule has 0 bridgehead atoms. The molecule has 2 atom stereocenters. The third kappa shape index (κ3) is 13.0. The maximum Gasteiger partial charge on any atom is 0.310 e. The standard InChI is InChI=1S/C31H48O4/c1-2-3-4-5-6-7-8-9-10-11-12-13-19-25-34-30(32)28-22-17-18-23-29(28)31(33)35-26-24-27-20-15-14-16-21-27/h14-18,20-21,28-29H,2-13,19,22-26H2,1H3. The molecule has 0 N–H and O–H groups in total. The van der Waals surface area contributed by atoms with Crippen molar-refractivity contribution in [2.45, 2.75) is 110 Å². The quantitative estimate of drug-likeness (QED) is 0.113. The van der Waals surface area contributed by atoms with Crippen molar-refractivity contribution in [3.8, 4) is 0 Å². The minimum Gasteiger partial charge on any atom is -0.465 e. The van der Waals surface area contributed by atoms with Crippen LogP contribution in [0.25, 0.3) is 0 Å². The summed E-state index contributed by atoms with van der Waals surface area (Å²) in [5.74, 6) is -1.40. The number of allylic oxidation sites excluding steroid dienone is 2. The minimum absolute atomic E-state index is 0.252. The van der Waals surface area contributed by atoms with Crippen LogP contribution in [0.5, 0.6) is 0 Å². The van der Waals surface area contributed by atoms with Gasteiger partial charge in [-0.25, -0.2) is 0 Å². The number of esters is 2. The zero-order chi connectivity index (χ0) is 25.0. The lowest BCUT2D eigenvalue weighted by atomic mass is 9.83. The van der Waals surface area contributed by atoms with Crippen molar-refractivity contribution < 1.29 is 19.1 Å². The molecule has 0 fully saturated rings. The number of carbonyl (C=O) groups excluding carboxylic acids is 2. The van der Waals surface area contributed by atoms with Crippen LogP contribution >= 0.6 is 0 Å². The van der Waals surface area contributed by atoms with Crippen molar-refractivity contribution in [2.24, 2.45) is 11.8 Å². The molecule has 1 aromatic carbocycles. The maximum atomic E-state index is 12.7. The zero-order valence-electron chi connectivity index (χ0n) is 22.1. The van der Waals surface area contributed by atoms with Gasteiger partial charge in [0.15, 0.2) is 0 Å². The van der Waals surface area contributed by atoms with Gasteiger partial charge < -0.3 is 9.47 Å².